The largest absolute Gasteiger partial charge is 0.350 e. The topological polar surface area (TPSA) is 54.0 Å². The normalized spacial score (nSPS) is 10.8. The summed E-state index contributed by atoms with van der Waals surface area (Å²) >= 11 is 1.62. The summed E-state index contributed by atoms with van der Waals surface area (Å²) in [6, 6.07) is 0.483. The van der Waals surface area contributed by atoms with Crippen molar-refractivity contribution in [2.24, 2.45) is 0 Å². The van der Waals surface area contributed by atoms with Crippen molar-refractivity contribution in [2.45, 2.75) is 46.2 Å². The number of thiazole rings is 1. The van der Waals surface area contributed by atoms with E-state index in [9.17, 15) is 4.79 Å². The maximum Gasteiger partial charge on any atom is 0.220 e. The number of rotatable bonds is 7. The number of hydrogen-bond acceptors (Lipinski definition) is 4. The van der Waals surface area contributed by atoms with Gasteiger partial charge in [-0.05, 0) is 19.9 Å². The molecule has 0 fully saturated rings. The minimum atomic E-state index is 0.100. The molecule has 2 N–H and O–H groups in total. The van der Waals surface area contributed by atoms with Gasteiger partial charge in [-0.25, -0.2) is 4.98 Å². The summed E-state index contributed by atoms with van der Waals surface area (Å²) in [5.41, 5.74) is 0. The lowest BCUT2D eigenvalue weighted by Crippen LogP contribution is -2.27. The van der Waals surface area contributed by atoms with Crippen LogP contribution in [0.1, 0.15) is 36.6 Å². The third kappa shape index (κ3) is 6.38. The number of aryl methyl sites for hydroxylation is 1. The number of amides is 1. The van der Waals surface area contributed by atoms with Crippen molar-refractivity contribution < 1.29 is 4.79 Å². The molecular weight excluding hydrogens is 234 g/mol. The van der Waals surface area contributed by atoms with E-state index in [2.05, 4.69) is 29.5 Å². The van der Waals surface area contributed by atoms with Crippen LogP contribution in [-0.2, 0) is 11.3 Å². The fourth-order valence-corrected chi connectivity index (χ4v) is 2.11. The zero-order chi connectivity index (χ0) is 12.7. The SMILES string of the molecule is Cc1cnc(CNC(=O)CCCNC(C)C)s1. The average Bonchev–Trinajstić information content (AvgIpc) is 2.67. The van der Waals surface area contributed by atoms with Gasteiger partial charge in [0.25, 0.3) is 0 Å². The first-order valence-corrected chi connectivity index (χ1v) is 6.81. The van der Waals surface area contributed by atoms with Crippen molar-refractivity contribution >= 4 is 17.2 Å². The minimum Gasteiger partial charge on any atom is -0.350 e. The number of aromatic nitrogens is 1. The average molecular weight is 255 g/mol. The smallest absolute Gasteiger partial charge is 0.220 e. The van der Waals surface area contributed by atoms with Crippen molar-refractivity contribution in [3.05, 3.63) is 16.1 Å². The summed E-state index contributed by atoms with van der Waals surface area (Å²) in [6.07, 6.45) is 3.28. The van der Waals surface area contributed by atoms with E-state index >= 15 is 0 Å². The number of nitrogens with one attached hydrogen (secondary N) is 2. The minimum absolute atomic E-state index is 0.100. The summed E-state index contributed by atoms with van der Waals surface area (Å²) in [7, 11) is 0. The van der Waals surface area contributed by atoms with Gasteiger partial charge in [0.05, 0.1) is 6.54 Å². The fraction of sp³-hybridized carbons (Fsp3) is 0.667. The molecule has 0 aliphatic carbocycles. The van der Waals surface area contributed by atoms with Crippen LogP contribution < -0.4 is 10.6 Å². The van der Waals surface area contributed by atoms with Gasteiger partial charge in [-0.2, -0.15) is 0 Å². The second-order valence-corrected chi connectivity index (χ2v) is 5.67. The monoisotopic (exact) mass is 255 g/mol. The van der Waals surface area contributed by atoms with Crippen LogP contribution in [-0.4, -0.2) is 23.5 Å². The molecule has 0 aromatic carbocycles. The maximum absolute atomic E-state index is 11.5. The maximum atomic E-state index is 11.5. The first-order chi connectivity index (χ1) is 8.08. The number of nitrogens with zero attached hydrogens (tertiary/aromatic N) is 1. The summed E-state index contributed by atoms with van der Waals surface area (Å²) in [5, 5.41) is 7.14. The van der Waals surface area contributed by atoms with Crippen LogP contribution >= 0.6 is 11.3 Å². The molecule has 96 valence electrons. The van der Waals surface area contributed by atoms with Crippen LogP contribution in [0.3, 0.4) is 0 Å². The van der Waals surface area contributed by atoms with Crippen LogP contribution in [0.2, 0.25) is 0 Å². The molecule has 17 heavy (non-hydrogen) atoms. The molecule has 0 unspecified atom stereocenters. The molecule has 5 heteroatoms. The highest BCUT2D eigenvalue weighted by molar-refractivity contribution is 7.11. The summed E-state index contributed by atoms with van der Waals surface area (Å²) in [5.74, 6) is 0.100. The van der Waals surface area contributed by atoms with Crippen LogP contribution in [0.15, 0.2) is 6.20 Å². The second-order valence-electron chi connectivity index (χ2n) is 4.35. The van der Waals surface area contributed by atoms with Crippen LogP contribution in [0.25, 0.3) is 0 Å². The highest BCUT2D eigenvalue weighted by Gasteiger charge is 2.03. The van der Waals surface area contributed by atoms with Crippen LogP contribution in [0.4, 0.5) is 0 Å². The van der Waals surface area contributed by atoms with Gasteiger partial charge in [0, 0.05) is 23.5 Å². The van der Waals surface area contributed by atoms with Gasteiger partial charge in [0.1, 0.15) is 5.01 Å². The van der Waals surface area contributed by atoms with Gasteiger partial charge in [0.2, 0.25) is 5.91 Å². The Labute approximate surface area is 107 Å². The number of hydrogen-bond donors (Lipinski definition) is 2. The lowest BCUT2D eigenvalue weighted by atomic mass is 10.2. The van der Waals surface area contributed by atoms with Gasteiger partial charge in [-0.1, -0.05) is 13.8 Å². The van der Waals surface area contributed by atoms with E-state index in [-0.39, 0.29) is 5.91 Å². The van der Waals surface area contributed by atoms with E-state index < -0.39 is 0 Å². The molecule has 0 spiro atoms. The highest BCUT2D eigenvalue weighted by Crippen LogP contribution is 2.10. The Hall–Kier alpha value is -0.940. The Balaban J connectivity index is 2.09. The van der Waals surface area contributed by atoms with E-state index in [1.54, 1.807) is 11.3 Å². The summed E-state index contributed by atoms with van der Waals surface area (Å²) in [6.45, 7) is 7.66. The Kier molecular flexibility index (Phi) is 6.15. The Morgan fingerprint density at radius 1 is 1.53 bits per heavy atom. The molecule has 0 aliphatic heterocycles. The standard InChI is InChI=1S/C12H21N3OS/c1-9(2)13-6-4-5-11(16)14-8-12-15-7-10(3)17-12/h7,9,13H,4-6,8H2,1-3H3,(H,14,16). The zero-order valence-corrected chi connectivity index (χ0v) is 11.6. The Morgan fingerprint density at radius 3 is 2.88 bits per heavy atom. The van der Waals surface area contributed by atoms with E-state index in [4.69, 9.17) is 0 Å². The van der Waals surface area contributed by atoms with E-state index in [0.717, 1.165) is 18.0 Å². The second kappa shape index (κ2) is 7.40. The molecule has 1 amide bonds. The molecule has 0 saturated heterocycles. The predicted octanol–water partition coefficient (Wildman–Crippen LogP) is 1.85. The molecule has 1 heterocycles. The molecule has 0 saturated carbocycles. The molecule has 1 rings (SSSR count). The van der Waals surface area contributed by atoms with Crippen molar-refractivity contribution in [1.29, 1.82) is 0 Å². The first kappa shape index (κ1) is 14.1. The van der Waals surface area contributed by atoms with E-state index in [1.165, 1.54) is 4.88 Å². The van der Waals surface area contributed by atoms with Gasteiger partial charge in [-0.15, -0.1) is 11.3 Å². The zero-order valence-electron chi connectivity index (χ0n) is 10.7. The molecule has 1 aromatic rings. The lowest BCUT2D eigenvalue weighted by Gasteiger charge is -2.07. The molecule has 0 bridgehead atoms. The van der Waals surface area contributed by atoms with Crippen molar-refractivity contribution in [3.8, 4) is 0 Å². The van der Waals surface area contributed by atoms with E-state index in [0.29, 0.717) is 19.0 Å². The van der Waals surface area contributed by atoms with Crippen molar-refractivity contribution in [2.75, 3.05) is 6.54 Å². The first-order valence-electron chi connectivity index (χ1n) is 5.99. The molecule has 4 nitrogen and oxygen atoms in total. The molecule has 0 atom stereocenters. The Morgan fingerprint density at radius 2 is 2.29 bits per heavy atom. The highest BCUT2D eigenvalue weighted by atomic mass is 32.1. The van der Waals surface area contributed by atoms with Gasteiger partial charge >= 0.3 is 0 Å². The van der Waals surface area contributed by atoms with Gasteiger partial charge < -0.3 is 10.6 Å². The van der Waals surface area contributed by atoms with Crippen LogP contribution in [0, 0.1) is 6.92 Å². The van der Waals surface area contributed by atoms with Crippen molar-refractivity contribution in [3.63, 3.8) is 0 Å². The molecule has 0 aliphatic rings. The van der Waals surface area contributed by atoms with Gasteiger partial charge in [-0.3, -0.25) is 4.79 Å². The molecule has 0 radical (unpaired) electrons. The fourth-order valence-electron chi connectivity index (χ4n) is 1.39. The molecular formula is C12H21N3OS. The summed E-state index contributed by atoms with van der Waals surface area (Å²) in [4.78, 5) is 16.9. The Bertz CT molecular complexity index is 349. The third-order valence-corrected chi connectivity index (χ3v) is 3.15. The number of carbonyl (C=O) groups is 1. The predicted molar refractivity (Wildman–Crippen MR) is 71.1 cm³/mol. The summed E-state index contributed by atoms with van der Waals surface area (Å²) < 4.78 is 0. The quantitative estimate of drug-likeness (QED) is 0.731. The third-order valence-electron chi connectivity index (χ3n) is 2.24. The van der Waals surface area contributed by atoms with Crippen molar-refractivity contribution in [1.82, 2.24) is 15.6 Å². The van der Waals surface area contributed by atoms with Crippen LogP contribution in [0.5, 0.6) is 0 Å². The van der Waals surface area contributed by atoms with E-state index in [1.807, 2.05) is 13.1 Å². The molecule has 1 aromatic heterocycles. The number of carbonyl (C=O) groups excluding carboxylic acids is 1. The lowest BCUT2D eigenvalue weighted by molar-refractivity contribution is -0.121. The van der Waals surface area contributed by atoms with Gasteiger partial charge in [0.15, 0.2) is 0 Å².